The zero-order chi connectivity index (χ0) is 8.43. The minimum absolute atomic E-state index is 0.406. The van der Waals surface area contributed by atoms with Crippen molar-refractivity contribution >= 4 is 0 Å². The molecule has 1 nitrogen and oxygen atoms in total. The fraction of sp³-hybridized carbons (Fsp3) is 1.00. The Morgan fingerprint density at radius 1 is 1.27 bits per heavy atom. The summed E-state index contributed by atoms with van der Waals surface area (Å²) in [5.74, 6) is 2.68. The first-order valence-electron chi connectivity index (χ1n) is 4.73. The highest BCUT2D eigenvalue weighted by Crippen LogP contribution is 2.44. The molecular weight excluding hydrogens is 136 g/mol. The van der Waals surface area contributed by atoms with Crippen LogP contribution in [0.2, 0.25) is 0 Å². The van der Waals surface area contributed by atoms with Crippen molar-refractivity contribution in [1.82, 2.24) is 0 Å². The Hall–Kier alpha value is -0.0400. The van der Waals surface area contributed by atoms with E-state index in [1.807, 2.05) is 0 Å². The van der Waals surface area contributed by atoms with Gasteiger partial charge in [0, 0.05) is 0 Å². The van der Waals surface area contributed by atoms with Gasteiger partial charge in [0.15, 0.2) is 0 Å². The van der Waals surface area contributed by atoms with Crippen LogP contribution in [0.4, 0.5) is 0 Å². The molecule has 0 saturated heterocycles. The molecule has 0 radical (unpaired) electrons. The van der Waals surface area contributed by atoms with Crippen LogP contribution in [-0.2, 0) is 4.74 Å². The number of hydrogen-bond donors (Lipinski definition) is 0. The van der Waals surface area contributed by atoms with Crippen LogP contribution in [0.15, 0.2) is 0 Å². The van der Waals surface area contributed by atoms with Gasteiger partial charge in [-0.05, 0) is 38.0 Å². The lowest BCUT2D eigenvalue weighted by Crippen LogP contribution is -2.07. The lowest BCUT2D eigenvalue weighted by Gasteiger charge is -2.07. The Morgan fingerprint density at radius 3 is 2.27 bits per heavy atom. The summed E-state index contributed by atoms with van der Waals surface area (Å²) in [5.41, 5.74) is 0. The maximum atomic E-state index is 5.55. The van der Waals surface area contributed by atoms with Crippen LogP contribution in [-0.4, -0.2) is 12.7 Å². The van der Waals surface area contributed by atoms with Crippen molar-refractivity contribution in [1.29, 1.82) is 0 Å². The minimum atomic E-state index is 0.406. The Labute approximate surface area is 70.1 Å². The first-order chi connectivity index (χ1) is 5.11. The summed E-state index contributed by atoms with van der Waals surface area (Å²) in [4.78, 5) is 0. The van der Waals surface area contributed by atoms with Gasteiger partial charge >= 0.3 is 0 Å². The van der Waals surface area contributed by atoms with Crippen LogP contribution in [0.5, 0.6) is 0 Å². The lowest BCUT2D eigenvalue weighted by molar-refractivity contribution is 0.0666. The van der Waals surface area contributed by atoms with Gasteiger partial charge in [0.2, 0.25) is 0 Å². The molecule has 0 amide bonds. The summed E-state index contributed by atoms with van der Waals surface area (Å²) in [5, 5.41) is 0. The summed E-state index contributed by atoms with van der Waals surface area (Å²) in [7, 11) is 0. The molecule has 0 aromatic heterocycles. The van der Waals surface area contributed by atoms with Crippen molar-refractivity contribution < 1.29 is 4.74 Å². The zero-order valence-electron chi connectivity index (χ0n) is 8.13. The summed E-state index contributed by atoms with van der Waals surface area (Å²) in [6.45, 7) is 9.81. The predicted molar refractivity (Wildman–Crippen MR) is 47.5 cm³/mol. The van der Waals surface area contributed by atoms with E-state index in [9.17, 15) is 0 Å². The fourth-order valence-corrected chi connectivity index (χ4v) is 1.60. The van der Waals surface area contributed by atoms with Gasteiger partial charge in [-0.15, -0.1) is 0 Å². The molecule has 2 unspecified atom stereocenters. The standard InChI is InChI=1S/C10H20O/c1-7(2)10-5-9(10)6-11-8(3)4/h7-10H,5-6H2,1-4H3. The highest BCUT2D eigenvalue weighted by molar-refractivity contribution is 4.87. The van der Waals surface area contributed by atoms with E-state index >= 15 is 0 Å². The molecule has 1 heteroatoms. The first kappa shape index (κ1) is 9.05. The van der Waals surface area contributed by atoms with E-state index in [1.165, 1.54) is 6.42 Å². The Morgan fingerprint density at radius 2 is 1.91 bits per heavy atom. The van der Waals surface area contributed by atoms with Crippen LogP contribution in [0.25, 0.3) is 0 Å². The van der Waals surface area contributed by atoms with E-state index in [-0.39, 0.29) is 0 Å². The second-order valence-electron chi connectivity index (χ2n) is 4.29. The van der Waals surface area contributed by atoms with Crippen molar-refractivity contribution in [3.8, 4) is 0 Å². The largest absolute Gasteiger partial charge is 0.378 e. The summed E-state index contributed by atoms with van der Waals surface area (Å²) >= 11 is 0. The van der Waals surface area contributed by atoms with E-state index in [1.54, 1.807) is 0 Å². The SMILES string of the molecule is CC(C)OCC1CC1C(C)C. The van der Waals surface area contributed by atoms with E-state index in [4.69, 9.17) is 4.74 Å². The smallest absolute Gasteiger partial charge is 0.0519 e. The van der Waals surface area contributed by atoms with Crippen LogP contribution in [0.1, 0.15) is 34.1 Å². The van der Waals surface area contributed by atoms with Crippen molar-refractivity contribution in [3.63, 3.8) is 0 Å². The van der Waals surface area contributed by atoms with E-state index in [2.05, 4.69) is 27.7 Å². The number of ether oxygens (including phenoxy) is 1. The second-order valence-corrected chi connectivity index (χ2v) is 4.29. The van der Waals surface area contributed by atoms with Crippen LogP contribution in [0, 0.1) is 17.8 Å². The average Bonchev–Trinajstić information content (AvgIpc) is 2.61. The third-order valence-corrected chi connectivity index (χ3v) is 2.48. The molecule has 0 heterocycles. The van der Waals surface area contributed by atoms with E-state index in [0.29, 0.717) is 6.10 Å². The van der Waals surface area contributed by atoms with Crippen LogP contribution in [0.3, 0.4) is 0 Å². The number of hydrogen-bond acceptors (Lipinski definition) is 1. The van der Waals surface area contributed by atoms with Gasteiger partial charge in [-0.25, -0.2) is 0 Å². The Bertz CT molecular complexity index is 118. The van der Waals surface area contributed by atoms with Crippen LogP contribution >= 0.6 is 0 Å². The zero-order valence-corrected chi connectivity index (χ0v) is 8.13. The molecule has 1 rings (SSSR count). The first-order valence-corrected chi connectivity index (χ1v) is 4.73. The van der Waals surface area contributed by atoms with Gasteiger partial charge in [0.05, 0.1) is 12.7 Å². The maximum absolute atomic E-state index is 5.55. The topological polar surface area (TPSA) is 9.23 Å². The minimum Gasteiger partial charge on any atom is -0.378 e. The summed E-state index contributed by atoms with van der Waals surface area (Å²) < 4.78 is 5.55. The monoisotopic (exact) mass is 156 g/mol. The molecule has 0 spiro atoms. The third-order valence-electron chi connectivity index (χ3n) is 2.48. The molecular formula is C10H20O. The normalized spacial score (nSPS) is 30.0. The van der Waals surface area contributed by atoms with Gasteiger partial charge in [0.25, 0.3) is 0 Å². The fourth-order valence-electron chi connectivity index (χ4n) is 1.60. The van der Waals surface area contributed by atoms with E-state index < -0.39 is 0 Å². The molecule has 66 valence electrons. The maximum Gasteiger partial charge on any atom is 0.0519 e. The lowest BCUT2D eigenvalue weighted by atomic mass is 10.1. The average molecular weight is 156 g/mol. The second kappa shape index (κ2) is 3.57. The van der Waals surface area contributed by atoms with Crippen LogP contribution < -0.4 is 0 Å². The molecule has 1 fully saturated rings. The van der Waals surface area contributed by atoms with Crippen molar-refractivity contribution in [3.05, 3.63) is 0 Å². The molecule has 1 saturated carbocycles. The van der Waals surface area contributed by atoms with Gasteiger partial charge in [-0.3, -0.25) is 0 Å². The Balaban J connectivity index is 2.04. The molecule has 0 bridgehead atoms. The highest BCUT2D eigenvalue weighted by Gasteiger charge is 2.39. The molecule has 0 aliphatic heterocycles. The van der Waals surface area contributed by atoms with Crippen molar-refractivity contribution in [2.75, 3.05) is 6.61 Å². The molecule has 0 N–H and O–H groups in total. The third kappa shape index (κ3) is 2.82. The van der Waals surface area contributed by atoms with E-state index in [0.717, 1.165) is 24.4 Å². The molecule has 11 heavy (non-hydrogen) atoms. The van der Waals surface area contributed by atoms with Gasteiger partial charge < -0.3 is 4.74 Å². The van der Waals surface area contributed by atoms with Gasteiger partial charge in [-0.1, -0.05) is 13.8 Å². The van der Waals surface area contributed by atoms with Crippen molar-refractivity contribution in [2.45, 2.75) is 40.2 Å². The molecule has 0 aromatic rings. The molecule has 2 atom stereocenters. The van der Waals surface area contributed by atoms with Gasteiger partial charge in [-0.2, -0.15) is 0 Å². The summed E-state index contributed by atoms with van der Waals surface area (Å²) in [6, 6.07) is 0. The molecule has 1 aliphatic carbocycles. The molecule has 1 aliphatic rings. The highest BCUT2D eigenvalue weighted by atomic mass is 16.5. The quantitative estimate of drug-likeness (QED) is 0.608. The molecule has 0 aromatic carbocycles. The number of rotatable bonds is 4. The summed E-state index contributed by atoms with van der Waals surface area (Å²) in [6.07, 6.45) is 1.80. The van der Waals surface area contributed by atoms with Crippen molar-refractivity contribution in [2.24, 2.45) is 17.8 Å². The Kier molecular flexibility index (Phi) is 2.94. The predicted octanol–water partition coefficient (Wildman–Crippen LogP) is 2.70. The van der Waals surface area contributed by atoms with Gasteiger partial charge in [0.1, 0.15) is 0 Å².